The van der Waals surface area contributed by atoms with E-state index in [9.17, 15) is 40.2 Å². The van der Waals surface area contributed by atoms with Crippen LogP contribution in [0.25, 0.3) is 0 Å². The number of ether oxygens (including phenoxy) is 4. The van der Waals surface area contributed by atoms with Crippen LogP contribution < -0.4 is 0 Å². The van der Waals surface area contributed by atoms with E-state index in [0.717, 1.165) is 12.8 Å². The number of carbonyl (C=O) groups is 2. The van der Waals surface area contributed by atoms with Crippen molar-refractivity contribution < 1.29 is 59.2 Å². The van der Waals surface area contributed by atoms with E-state index in [1.807, 2.05) is 13.8 Å². The Labute approximate surface area is 185 Å². The van der Waals surface area contributed by atoms with Crippen LogP contribution in [0.1, 0.15) is 39.5 Å². The molecule has 0 spiro atoms. The molecular formula is C20H32O12. The lowest BCUT2D eigenvalue weighted by molar-refractivity contribution is -0.291. The third-order valence-corrected chi connectivity index (χ3v) is 5.36. The van der Waals surface area contributed by atoms with Crippen molar-refractivity contribution in [1.82, 2.24) is 0 Å². The molecule has 184 valence electrons. The molecule has 0 radical (unpaired) electrons. The first-order valence-corrected chi connectivity index (χ1v) is 10.6. The molecule has 0 saturated carbocycles. The van der Waals surface area contributed by atoms with Crippen LogP contribution in [0.2, 0.25) is 0 Å². The molecule has 6 N–H and O–H groups in total. The molecule has 0 aromatic rings. The number of aliphatic hydroxyl groups is 6. The largest absolute Gasteiger partial charge is 0.505 e. The van der Waals surface area contributed by atoms with E-state index in [1.54, 1.807) is 0 Å². The minimum atomic E-state index is -1.82. The molecule has 2 rings (SSSR count). The second-order valence-electron chi connectivity index (χ2n) is 7.83. The van der Waals surface area contributed by atoms with Crippen LogP contribution in [0.4, 0.5) is 0 Å². The predicted molar refractivity (Wildman–Crippen MR) is 105 cm³/mol. The number of cyclic esters (lactones) is 1. The van der Waals surface area contributed by atoms with Crippen molar-refractivity contribution in [2.75, 3.05) is 13.2 Å². The van der Waals surface area contributed by atoms with Gasteiger partial charge in [-0.25, -0.2) is 4.79 Å². The molecular weight excluding hydrogens is 432 g/mol. The van der Waals surface area contributed by atoms with Gasteiger partial charge in [0.1, 0.15) is 37.1 Å². The van der Waals surface area contributed by atoms with Gasteiger partial charge in [-0.2, -0.15) is 0 Å². The molecule has 2 aliphatic heterocycles. The van der Waals surface area contributed by atoms with Crippen LogP contribution in [0.3, 0.4) is 0 Å². The zero-order chi connectivity index (χ0) is 24.0. The number of aliphatic hydroxyl groups excluding tert-OH is 6. The average molecular weight is 464 g/mol. The van der Waals surface area contributed by atoms with Gasteiger partial charge in [0, 0.05) is 0 Å². The number of rotatable bonds is 11. The molecule has 0 aromatic carbocycles. The van der Waals surface area contributed by atoms with Gasteiger partial charge in [-0.3, -0.25) is 4.79 Å². The Morgan fingerprint density at radius 1 is 1.09 bits per heavy atom. The lowest BCUT2D eigenvalue weighted by atomic mass is 9.99. The van der Waals surface area contributed by atoms with Gasteiger partial charge in [0.2, 0.25) is 12.0 Å². The van der Waals surface area contributed by atoms with E-state index >= 15 is 0 Å². The quantitative estimate of drug-likeness (QED) is 0.197. The highest BCUT2D eigenvalue weighted by molar-refractivity contribution is 5.89. The standard InChI is InChI=1S/C20H32O12/c1-3-5-9(6-4-2)18(27)29-8-10(22)16-15(26)17(19(28)31-16)32-20-14(25)13(24)12(23)11(7-21)30-20/h9-14,16,20-26H,3-8H2,1-2H3/t10-,11+,12+,13-,14+,16+,20?/m0/s1. The van der Waals surface area contributed by atoms with Crippen molar-refractivity contribution in [2.24, 2.45) is 5.92 Å². The Balaban J connectivity index is 2.02. The van der Waals surface area contributed by atoms with Gasteiger partial charge in [0.05, 0.1) is 12.5 Å². The SMILES string of the molecule is CCCC(CCC)C(=O)OC[C@H](O)[C@H]1OC(=O)C(OC2O[C@H](CO)[C@@H](O)[C@H](O)[C@H]2O)=C1O. The fourth-order valence-electron chi connectivity index (χ4n) is 3.56. The molecule has 7 atom stereocenters. The summed E-state index contributed by atoms with van der Waals surface area (Å²) in [5.41, 5.74) is 0. The summed E-state index contributed by atoms with van der Waals surface area (Å²) < 4.78 is 20.3. The highest BCUT2D eigenvalue weighted by atomic mass is 16.7. The second-order valence-corrected chi connectivity index (χ2v) is 7.83. The first-order chi connectivity index (χ1) is 15.2. The minimum absolute atomic E-state index is 0.322. The molecule has 32 heavy (non-hydrogen) atoms. The van der Waals surface area contributed by atoms with E-state index < -0.39 is 79.6 Å². The fourth-order valence-corrected chi connectivity index (χ4v) is 3.56. The van der Waals surface area contributed by atoms with Crippen LogP contribution in [-0.4, -0.2) is 98.7 Å². The molecule has 1 unspecified atom stereocenters. The Morgan fingerprint density at radius 3 is 2.28 bits per heavy atom. The summed E-state index contributed by atoms with van der Waals surface area (Å²) in [7, 11) is 0. The Morgan fingerprint density at radius 2 is 1.72 bits per heavy atom. The summed E-state index contributed by atoms with van der Waals surface area (Å²) in [6.45, 7) is 2.60. The monoisotopic (exact) mass is 464 g/mol. The first kappa shape index (κ1) is 26.3. The molecule has 0 aromatic heterocycles. The average Bonchev–Trinajstić information content (AvgIpc) is 3.05. The topological polar surface area (TPSA) is 192 Å². The zero-order valence-electron chi connectivity index (χ0n) is 18.0. The third kappa shape index (κ3) is 5.88. The van der Waals surface area contributed by atoms with E-state index in [-0.39, 0.29) is 5.92 Å². The van der Waals surface area contributed by atoms with Gasteiger partial charge >= 0.3 is 11.9 Å². The van der Waals surface area contributed by atoms with Crippen LogP contribution in [0, 0.1) is 5.92 Å². The minimum Gasteiger partial charge on any atom is -0.505 e. The van der Waals surface area contributed by atoms with Crippen molar-refractivity contribution in [3.05, 3.63) is 11.5 Å². The molecule has 1 saturated heterocycles. The van der Waals surface area contributed by atoms with Crippen molar-refractivity contribution in [1.29, 1.82) is 0 Å². The van der Waals surface area contributed by atoms with Crippen LogP contribution >= 0.6 is 0 Å². The second kappa shape index (κ2) is 11.8. The summed E-state index contributed by atoms with van der Waals surface area (Å²) in [6, 6.07) is 0. The van der Waals surface area contributed by atoms with Crippen LogP contribution in [0.5, 0.6) is 0 Å². The van der Waals surface area contributed by atoms with E-state index in [0.29, 0.717) is 12.8 Å². The number of esters is 2. The highest BCUT2D eigenvalue weighted by Gasteiger charge is 2.48. The smallest absolute Gasteiger partial charge is 0.378 e. The van der Waals surface area contributed by atoms with Crippen molar-refractivity contribution >= 4 is 11.9 Å². The molecule has 12 heteroatoms. The maximum absolute atomic E-state index is 12.2. The number of carbonyl (C=O) groups excluding carboxylic acids is 2. The molecule has 2 aliphatic rings. The summed E-state index contributed by atoms with van der Waals surface area (Å²) >= 11 is 0. The molecule has 12 nitrogen and oxygen atoms in total. The normalized spacial score (nSPS) is 31.6. The number of hydrogen-bond donors (Lipinski definition) is 6. The lowest BCUT2D eigenvalue weighted by Gasteiger charge is -2.39. The summed E-state index contributed by atoms with van der Waals surface area (Å²) in [5, 5.41) is 59.4. The Kier molecular flexibility index (Phi) is 9.67. The molecule has 0 amide bonds. The molecule has 0 bridgehead atoms. The van der Waals surface area contributed by atoms with Gasteiger partial charge in [-0.1, -0.05) is 26.7 Å². The van der Waals surface area contributed by atoms with Gasteiger partial charge in [-0.15, -0.1) is 0 Å². The maximum atomic E-state index is 12.2. The van der Waals surface area contributed by atoms with Gasteiger partial charge in [-0.05, 0) is 12.8 Å². The van der Waals surface area contributed by atoms with E-state index in [1.165, 1.54) is 0 Å². The van der Waals surface area contributed by atoms with Gasteiger partial charge in [0.25, 0.3) is 0 Å². The van der Waals surface area contributed by atoms with Crippen molar-refractivity contribution in [2.45, 2.75) is 82.4 Å². The maximum Gasteiger partial charge on any atom is 0.378 e. The Hall–Kier alpha value is -1.96. The summed E-state index contributed by atoms with van der Waals surface area (Å²) in [5.74, 6) is -3.63. The summed E-state index contributed by atoms with van der Waals surface area (Å²) in [4.78, 5) is 24.3. The highest BCUT2D eigenvalue weighted by Crippen LogP contribution is 2.30. The van der Waals surface area contributed by atoms with E-state index in [4.69, 9.17) is 18.9 Å². The summed E-state index contributed by atoms with van der Waals surface area (Å²) in [6.07, 6.45) is -8.60. The lowest BCUT2D eigenvalue weighted by Crippen LogP contribution is -2.59. The predicted octanol–water partition coefficient (Wildman–Crippen LogP) is -1.38. The van der Waals surface area contributed by atoms with Crippen molar-refractivity contribution in [3.8, 4) is 0 Å². The van der Waals surface area contributed by atoms with Crippen LogP contribution in [-0.2, 0) is 28.5 Å². The molecule has 2 heterocycles. The zero-order valence-corrected chi connectivity index (χ0v) is 18.0. The third-order valence-electron chi connectivity index (χ3n) is 5.36. The van der Waals surface area contributed by atoms with Crippen LogP contribution in [0.15, 0.2) is 11.5 Å². The fraction of sp³-hybridized carbons (Fsp3) is 0.800. The van der Waals surface area contributed by atoms with E-state index in [2.05, 4.69) is 0 Å². The Bertz CT molecular complexity index is 671. The number of hydrogen-bond acceptors (Lipinski definition) is 12. The van der Waals surface area contributed by atoms with Gasteiger partial charge < -0.3 is 49.6 Å². The van der Waals surface area contributed by atoms with Gasteiger partial charge in [0.15, 0.2) is 11.9 Å². The first-order valence-electron chi connectivity index (χ1n) is 10.6. The van der Waals surface area contributed by atoms with Crippen molar-refractivity contribution in [3.63, 3.8) is 0 Å². The molecule has 0 aliphatic carbocycles. The molecule has 1 fully saturated rings.